The number of carbonyl (C=O) groups excluding carboxylic acids is 1. The van der Waals surface area contributed by atoms with Crippen molar-refractivity contribution in [3.63, 3.8) is 0 Å². The molecule has 0 aliphatic heterocycles. The lowest BCUT2D eigenvalue weighted by molar-refractivity contribution is -0.137. The second kappa shape index (κ2) is 9.94. The molecule has 0 bridgehead atoms. The molecule has 150 valence electrons. The van der Waals surface area contributed by atoms with Crippen LogP contribution in [0, 0.1) is 0 Å². The van der Waals surface area contributed by atoms with Crippen LogP contribution in [-0.4, -0.2) is 17.1 Å². The molecule has 0 aliphatic rings. The van der Waals surface area contributed by atoms with Crippen molar-refractivity contribution in [2.45, 2.75) is 26.3 Å². The van der Waals surface area contributed by atoms with Crippen LogP contribution in [-0.2, 0) is 16.1 Å². The predicted molar refractivity (Wildman–Crippen MR) is 114 cm³/mol. The summed E-state index contributed by atoms with van der Waals surface area (Å²) in [6, 6.07) is 16.5. The number of nitrogens with zero attached hydrogens (tertiary/aromatic N) is 1. The van der Waals surface area contributed by atoms with Gasteiger partial charge in [0.25, 0.3) is 0 Å². The van der Waals surface area contributed by atoms with Gasteiger partial charge >= 0.3 is 11.7 Å². The van der Waals surface area contributed by atoms with Gasteiger partial charge in [0.2, 0.25) is 0 Å². The van der Waals surface area contributed by atoms with Crippen molar-refractivity contribution in [1.82, 2.24) is 4.57 Å². The summed E-state index contributed by atoms with van der Waals surface area (Å²) in [5, 5.41) is 0.580. The molecule has 29 heavy (non-hydrogen) atoms. The molecule has 0 atom stereocenters. The highest BCUT2D eigenvalue weighted by atomic mass is 35.5. The average molecular weight is 412 g/mol. The monoisotopic (exact) mass is 411 g/mol. The zero-order valence-corrected chi connectivity index (χ0v) is 16.9. The Labute approximate surface area is 174 Å². The summed E-state index contributed by atoms with van der Waals surface area (Å²) in [7, 11) is 0. The summed E-state index contributed by atoms with van der Waals surface area (Å²) in [5.41, 5.74) is 2.13. The minimum Gasteiger partial charge on any atom is -0.463 e. The van der Waals surface area contributed by atoms with E-state index in [1.807, 2.05) is 37.3 Å². The number of aromatic nitrogens is 1. The minimum absolute atomic E-state index is 0.321. The maximum Gasteiger partial charge on any atom is 0.420 e. The van der Waals surface area contributed by atoms with E-state index in [1.165, 1.54) is 10.6 Å². The van der Waals surface area contributed by atoms with Gasteiger partial charge in [-0.15, -0.1) is 0 Å². The molecule has 5 nitrogen and oxygen atoms in total. The Hall–Kier alpha value is -3.05. The van der Waals surface area contributed by atoms with Crippen LogP contribution in [0.3, 0.4) is 0 Å². The van der Waals surface area contributed by atoms with Gasteiger partial charge in [0.15, 0.2) is 5.76 Å². The normalized spacial score (nSPS) is 11.1. The molecule has 0 saturated heterocycles. The molecule has 0 aliphatic carbocycles. The fourth-order valence-electron chi connectivity index (χ4n) is 2.82. The molecule has 0 fully saturated rings. The Kier molecular flexibility index (Phi) is 7.09. The number of hydrogen-bond donors (Lipinski definition) is 0. The highest BCUT2D eigenvalue weighted by Gasteiger charge is 2.17. The third-order valence-electron chi connectivity index (χ3n) is 4.34. The molecular weight excluding hydrogens is 390 g/mol. The number of rotatable bonds is 8. The molecule has 0 amide bonds. The molecule has 2 aromatic carbocycles. The van der Waals surface area contributed by atoms with Gasteiger partial charge in [0, 0.05) is 16.7 Å². The van der Waals surface area contributed by atoms with E-state index in [0.29, 0.717) is 35.2 Å². The first-order chi connectivity index (χ1) is 14.1. The minimum atomic E-state index is -0.502. The van der Waals surface area contributed by atoms with Crippen LogP contribution in [0.4, 0.5) is 0 Å². The molecule has 0 spiro atoms. The first-order valence-electron chi connectivity index (χ1n) is 9.47. The highest BCUT2D eigenvalue weighted by molar-refractivity contribution is 6.30. The van der Waals surface area contributed by atoms with E-state index in [1.54, 1.807) is 30.3 Å². The molecule has 3 rings (SSSR count). The van der Waals surface area contributed by atoms with Gasteiger partial charge < -0.3 is 9.15 Å². The lowest BCUT2D eigenvalue weighted by Gasteiger charge is -2.06. The van der Waals surface area contributed by atoms with Crippen molar-refractivity contribution >= 4 is 23.6 Å². The first kappa shape index (κ1) is 20.7. The smallest absolute Gasteiger partial charge is 0.420 e. The molecule has 6 heteroatoms. The van der Waals surface area contributed by atoms with E-state index in [-0.39, 0.29) is 0 Å². The largest absolute Gasteiger partial charge is 0.463 e. The average Bonchev–Trinajstić information content (AvgIpc) is 3.03. The SMILES string of the molecule is CCCCOC(=O)/C=C/c1c(-c2ccc(Cl)cc2)oc(=O)n1Cc1ccccc1. The molecule has 1 heterocycles. The number of ether oxygens (including phenoxy) is 1. The van der Waals surface area contributed by atoms with Gasteiger partial charge in [0.1, 0.15) is 0 Å². The van der Waals surface area contributed by atoms with E-state index < -0.39 is 11.7 Å². The van der Waals surface area contributed by atoms with Crippen LogP contribution in [0.2, 0.25) is 5.02 Å². The molecule has 0 saturated carbocycles. The summed E-state index contributed by atoms with van der Waals surface area (Å²) in [6.07, 6.45) is 4.63. The number of halogens is 1. The van der Waals surface area contributed by atoms with Gasteiger partial charge in [-0.25, -0.2) is 9.59 Å². The van der Waals surface area contributed by atoms with Crippen LogP contribution in [0.5, 0.6) is 0 Å². The maximum atomic E-state index is 12.6. The molecule has 0 radical (unpaired) electrons. The van der Waals surface area contributed by atoms with Crippen molar-refractivity contribution in [1.29, 1.82) is 0 Å². The van der Waals surface area contributed by atoms with Crippen LogP contribution in [0.1, 0.15) is 31.0 Å². The van der Waals surface area contributed by atoms with Gasteiger partial charge in [-0.1, -0.05) is 55.3 Å². The zero-order valence-electron chi connectivity index (χ0n) is 16.1. The molecule has 0 N–H and O–H groups in total. The highest BCUT2D eigenvalue weighted by Crippen LogP contribution is 2.26. The van der Waals surface area contributed by atoms with Gasteiger partial charge in [-0.2, -0.15) is 0 Å². The summed E-state index contributed by atoms with van der Waals surface area (Å²) >= 11 is 5.97. The van der Waals surface area contributed by atoms with Gasteiger partial charge in [-0.05, 0) is 42.3 Å². The molecule has 1 aromatic heterocycles. The topological polar surface area (TPSA) is 61.4 Å². The van der Waals surface area contributed by atoms with E-state index in [0.717, 1.165) is 18.4 Å². The van der Waals surface area contributed by atoms with Crippen molar-refractivity contribution in [2.75, 3.05) is 6.61 Å². The number of unbranched alkanes of at least 4 members (excludes halogenated alkanes) is 1. The Morgan fingerprint density at radius 2 is 1.86 bits per heavy atom. The van der Waals surface area contributed by atoms with Gasteiger partial charge in [0.05, 0.1) is 18.8 Å². The molecule has 3 aromatic rings. The number of carbonyl (C=O) groups is 1. The Morgan fingerprint density at radius 3 is 2.55 bits per heavy atom. The lowest BCUT2D eigenvalue weighted by atomic mass is 10.1. The van der Waals surface area contributed by atoms with Crippen LogP contribution >= 0.6 is 11.6 Å². The van der Waals surface area contributed by atoms with Crippen molar-refractivity contribution < 1.29 is 13.9 Å². The van der Waals surface area contributed by atoms with E-state index in [2.05, 4.69) is 0 Å². The summed E-state index contributed by atoms with van der Waals surface area (Å²) in [4.78, 5) is 24.6. The Balaban J connectivity index is 1.98. The summed E-state index contributed by atoms with van der Waals surface area (Å²) in [5.74, 6) is -0.585. The van der Waals surface area contributed by atoms with Crippen molar-refractivity contribution in [3.05, 3.63) is 87.5 Å². The third-order valence-corrected chi connectivity index (χ3v) is 4.59. The first-order valence-corrected chi connectivity index (χ1v) is 9.84. The van der Waals surface area contributed by atoms with E-state index in [9.17, 15) is 9.59 Å². The Bertz CT molecular complexity index is 1030. The fraction of sp³-hybridized carbons (Fsp3) is 0.217. The van der Waals surface area contributed by atoms with Crippen molar-refractivity contribution in [3.8, 4) is 11.3 Å². The number of esters is 1. The third kappa shape index (κ3) is 5.48. The number of hydrogen-bond acceptors (Lipinski definition) is 4. The van der Waals surface area contributed by atoms with Crippen LogP contribution in [0.15, 0.2) is 69.9 Å². The second-order valence-electron chi connectivity index (χ2n) is 6.52. The predicted octanol–water partition coefficient (Wildman–Crippen LogP) is 5.17. The van der Waals surface area contributed by atoms with Crippen LogP contribution < -0.4 is 5.76 Å². The second-order valence-corrected chi connectivity index (χ2v) is 6.95. The lowest BCUT2D eigenvalue weighted by Crippen LogP contribution is -2.16. The zero-order chi connectivity index (χ0) is 20.6. The number of benzene rings is 2. The van der Waals surface area contributed by atoms with Crippen LogP contribution in [0.25, 0.3) is 17.4 Å². The number of oxazole rings is 1. The van der Waals surface area contributed by atoms with Crippen molar-refractivity contribution in [2.24, 2.45) is 0 Å². The maximum absolute atomic E-state index is 12.6. The van der Waals surface area contributed by atoms with E-state index >= 15 is 0 Å². The Morgan fingerprint density at radius 1 is 1.14 bits per heavy atom. The summed E-state index contributed by atoms with van der Waals surface area (Å²) in [6.45, 7) is 2.71. The standard InChI is InChI=1S/C23H22ClNO4/c1-2-3-15-28-21(26)14-13-20-22(18-9-11-19(24)12-10-18)29-23(27)25(20)16-17-7-5-4-6-8-17/h4-14H,2-3,15-16H2,1H3/b14-13+. The molecular formula is C23H22ClNO4. The fourth-order valence-corrected chi connectivity index (χ4v) is 2.94. The quantitative estimate of drug-likeness (QED) is 0.291. The van der Waals surface area contributed by atoms with E-state index in [4.69, 9.17) is 20.8 Å². The van der Waals surface area contributed by atoms with Gasteiger partial charge in [-0.3, -0.25) is 4.57 Å². The summed E-state index contributed by atoms with van der Waals surface area (Å²) < 4.78 is 12.2. The molecule has 0 unspecified atom stereocenters.